The normalized spacial score (nSPS) is 15.1. The van der Waals surface area contributed by atoms with Gasteiger partial charge in [0.2, 0.25) is 0 Å². The topological polar surface area (TPSA) is 102 Å². The van der Waals surface area contributed by atoms with E-state index in [1.807, 2.05) is 114 Å². The van der Waals surface area contributed by atoms with Crippen LogP contribution in [-0.2, 0) is 0 Å². The van der Waals surface area contributed by atoms with Crippen molar-refractivity contribution in [3.8, 4) is 0 Å². The number of fused-ring (bicyclic) bond motifs is 4. The Morgan fingerprint density at radius 1 is 0.714 bits per heavy atom. The van der Waals surface area contributed by atoms with Crippen molar-refractivity contribution in [1.82, 2.24) is 4.98 Å². The molecule has 8 nitrogen and oxygen atoms in total. The minimum atomic E-state index is 0. The number of hydrogen-bond donors (Lipinski definition) is 0. The molecule has 314 valence electrons. The summed E-state index contributed by atoms with van der Waals surface area (Å²) in [5.41, 5.74) is 2.59. The summed E-state index contributed by atoms with van der Waals surface area (Å²) in [4.78, 5) is 34.5. The predicted octanol–water partition coefficient (Wildman–Crippen LogP) is 14.2. The van der Waals surface area contributed by atoms with Gasteiger partial charge in [0.25, 0.3) is 0 Å². The molecule has 6 rings (SSSR count). The molecule has 0 spiro atoms. The van der Waals surface area contributed by atoms with Crippen LogP contribution in [0.15, 0.2) is 200 Å². The molecule has 1 aromatic heterocycles. The quantitative estimate of drug-likeness (QED) is 0.0257. The maximum absolute atomic E-state index is 5.23. The van der Waals surface area contributed by atoms with E-state index in [4.69, 9.17) is 35.3 Å². The number of rotatable bonds is 15. The molecule has 1 aliphatic heterocycles. The van der Waals surface area contributed by atoms with Gasteiger partial charge in [-0.25, -0.2) is 4.99 Å². The van der Waals surface area contributed by atoms with Crippen molar-refractivity contribution in [2.75, 3.05) is 6.54 Å². The zero-order chi connectivity index (χ0) is 44.1. The molecule has 0 unspecified atom stereocenters. The van der Waals surface area contributed by atoms with E-state index in [-0.39, 0.29) is 37.7 Å². The van der Waals surface area contributed by atoms with Crippen molar-refractivity contribution >= 4 is 118 Å². The number of aromatic nitrogens is 1. The van der Waals surface area contributed by atoms with Crippen LogP contribution in [0.2, 0.25) is 0 Å². The first-order valence-electron chi connectivity index (χ1n) is 21.2. The van der Waals surface area contributed by atoms with Gasteiger partial charge in [-0.2, -0.15) is 0 Å². The van der Waals surface area contributed by atoms with Crippen molar-refractivity contribution in [2.24, 2.45) is 30.0 Å². The Bertz CT molecular complexity index is 2740. The predicted molar refractivity (Wildman–Crippen MR) is 278 cm³/mol. The summed E-state index contributed by atoms with van der Waals surface area (Å²) in [5, 5.41) is 11.1. The summed E-state index contributed by atoms with van der Waals surface area (Å²) in [6.07, 6.45) is 28.3. The van der Waals surface area contributed by atoms with Crippen LogP contribution in [0.4, 0.5) is 11.6 Å². The van der Waals surface area contributed by atoms with Gasteiger partial charge in [-0.3, -0.25) is 4.99 Å². The first kappa shape index (κ1) is 49.6. The smallest absolute Gasteiger partial charge is 0.376 e. The van der Waals surface area contributed by atoms with Crippen molar-refractivity contribution in [3.05, 3.63) is 187 Å². The Morgan fingerprint density at radius 2 is 1.35 bits per heavy atom. The van der Waals surface area contributed by atoms with E-state index in [0.29, 0.717) is 66.6 Å². The van der Waals surface area contributed by atoms with E-state index in [1.165, 1.54) is 0 Å². The Balaban J connectivity index is 0.00000286. The first-order valence-corrected chi connectivity index (χ1v) is 21.2. The van der Waals surface area contributed by atoms with Crippen molar-refractivity contribution in [2.45, 2.75) is 60.3 Å². The molecule has 2 heterocycles. The van der Waals surface area contributed by atoms with Gasteiger partial charge in [0.05, 0.1) is 17.5 Å². The molecule has 0 N–H and O–H groups in total. The van der Waals surface area contributed by atoms with Crippen molar-refractivity contribution in [1.29, 1.82) is 0 Å². The molecule has 0 aliphatic carbocycles. The molecule has 9 heteroatoms. The van der Waals surface area contributed by atoms with E-state index in [0.717, 1.165) is 55.4 Å². The maximum Gasteiger partial charge on any atom is 2.00 e. The average Bonchev–Trinajstić information content (AvgIpc) is 3.81. The largest absolute Gasteiger partial charge is 2.00 e. The van der Waals surface area contributed by atoms with Crippen molar-refractivity contribution < 1.29 is 0 Å². The van der Waals surface area contributed by atoms with E-state index < -0.39 is 0 Å². The fourth-order valence-corrected chi connectivity index (χ4v) is 6.49. The third-order valence-electron chi connectivity index (χ3n) is 9.52. The molecule has 0 bridgehead atoms. The summed E-state index contributed by atoms with van der Waals surface area (Å²) in [6, 6.07) is 24.9. The zero-order valence-electron chi connectivity index (χ0n) is 37.4. The third kappa shape index (κ3) is 13.7. The maximum atomic E-state index is 5.23. The minimum absolute atomic E-state index is 0. The number of benzene rings is 4. The van der Waals surface area contributed by atoms with Gasteiger partial charge < -0.3 is 30.3 Å². The van der Waals surface area contributed by atoms with Crippen LogP contribution >= 0.6 is 0 Å². The second-order valence-corrected chi connectivity index (χ2v) is 13.8. The molecular weight excluding hydrogens is 801 g/mol. The fraction of sp³-hybridized carbons (Fsp3) is 0.185. The summed E-state index contributed by atoms with van der Waals surface area (Å²) >= 11 is 0. The van der Waals surface area contributed by atoms with Crippen LogP contribution in [-0.4, -0.2) is 80.2 Å². The van der Waals surface area contributed by atoms with Crippen LogP contribution < -0.4 is 4.98 Å². The number of aliphatic imine (C=N–C) groups is 6. The standard InChI is InChI=1S/C52H50N8.C2H6.Ca/c1-7-11-15-16-24-32-54-46(30-18-13-9-3)55-50-44-35-40-28-22-23-29-41(40)36-45(44)52(60-50)58-48(37(5)25-17-12-8-2)56-47(31-19-14-10-4)57-51-43-34-39-27-21-20-26-38(39)33-42(43)49(53-6)59-51;1-2;/h7-13,15-16,18-23,25-29,31,33-36H,3-4,6,14,17,24,30,32H2,1-2,5H3;1-2H3;/q-2;;+2/b11-7-,12-8-,16-15+,18-13+,31-19+,37-25+;;. The van der Waals surface area contributed by atoms with Crippen LogP contribution in [0.5, 0.6) is 0 Å². The Labute approximate surface area is 403 Å². The number of nitrogens with zero attached hydrogens (tertiary/aromatic N) is 8. The summed E-state index contributed by atoms with van der Waals surface area (Å²) in [6.45, 7) is 22.1. The van der Waals surface area contributed by atoms with Crippen LogP contribution in [0.3, 0.4) is 0 Å². The molecule has 0 saturated heterocycles. The van der Waals surface area contributed by atoms with E-state index in [2.05, 4.69) is 91.6 Å². The molecule has 63 heavy (non-hydrogen) atoms. The van der Waals surface area contributed by atoms with Gasteiger partial charge in [0.15, 0.2) is 0 Å². The van der Waals surface area contributed by atoms with Crippen LogP contribution in [0.1, 0.15) is 71.4 Å². The van der Waals surface area contributed by atoms with E-state index in [9.17, 15) is 0 Å². The SMILES string of the molecule is C=C/C=C/CC(=NCC/C=C/C=C\C)N=C1[N-]C(=NC(=N\C(\C=C\CC=C)=N/c2[n-]c(N=C)c3cc4ccccc4cc23)/C(C)=C/C/C=C\C)c2cc3ccccc3cc21.CC.[Ca+2]. The second-order valence-electron chi connectivity index (χ2n) is 13.8. The zero-order valence-corrected chi connectivity index (χ0v) is 39.6. The molecule has 0 amide bonds. The summed E-state index contributed by atoms with van der Waals surface area (Å²) in [7, 11) is 0. The molecule has 1 aliphatic rings. The first-order chi connectivity index (χ1) is 30.5. The van der Waals surface area contributed by atoms with E-state index in [1.54, 1.807) is 6.08 Å². The van der Waals surface area contributed by atoms with Gasteiger partial charge >= 0.3 is 37.7 Å². The molecule has 4 aromatic carbocycles. The fourth-order valence-electron chi connectivity index (χ4n) is 6.49. The summed E-state index contributed by atoms with van der Waals surface area (Å²) < 4.78 is 0. The Hall–Kier alpha value is -6.06. The van der Waals surface area contributed by atoms with E-state index >= 15 is 0 Å². The third-order valence-corrected chi connectivity index (χ3v) is 9.52. The molecule has 0 saturated carbocycles. The Kier molecular flexibility index (Phi) is 20.8. The minimum Gasteiger partial charge on any atom is -0.376 e. The van der Waals surface area contributed by atoms with Gasteiger partial charge in [-0.05, 0) is 119 Å². The van der Waals surface area contributed by atoms with Gasteiger partial charge in [0, 0.05) is 36.3 Å². The average molecular weight is 857 g/mol. The number of hydrogen-bond acceptors (Lipinski definition) is 3. The van der Waals surface area contributed by atoms with Crippen LogP contribution in [0.25, 0.3) is 37.6 Å². The molecule has 0 fully saturated rings. The molecule has 0 atom stereocenters. The van der Waals surface area contributed by atoms with Gasteiger partial charge in [-0.1, -0.05) is 149 Å². The molecule has 5 aromatic rings. The molecule has 0 radical (unpaired) electrons. The van der Waals surface area contributed by atoms with Crippen LogP contribution in [0, 0.1) is 0 Å². The second kappa shape index (κ2) is 26.4. The number of amidine groups is 5. The Morgan fingerprint density at radius 3 is 1.95 bits per heavy atom. The monoisotopic (exact) mass is 856 g/mol. The van der Waals surface area contributed by atoms with Crippen molar-refractivity contribution in [3.63, 3.8) is 0 Å². The van der Waals surface area contributed by atoms with Gasteiger partial charge in [0.1, 0.15) is 0 Å². The summed E-state index contributed by atoms with van der Waals surface area (Å²) in [5.74, 6) is 3.59. The number of allylic oxidation sites excluding steroid dienone is 10. The molecular formula is C54H56CaN8. The van der Waals surface area contributed by atoms with Gasteiger partial charge in [-0.15, -0.1) is 6.58 Å².